The lowest BCUT2D eigenvalue weighted by molar-refractivity contribution is 0.0929. The van der Waals surface area contributed by atoms with Crippen molar-refractivity contribution in [2.24, 2.45) is 5.92 Å². The quantitative estimate of drug-likeness (QED) is 0.841. The van der Waals surface area contributed by atoms with Crippen LogP contribution in [0.5, 0.6) is 0 Å². The summed E-state index contributed by atoms with van der Waals surface area (Å²) in [5, 5.41) is 2.93. The number of rotatable bonds is 3. The normalized spacial score (nSPS) is 31.1. The Bertz CT molecular complexity index is 580. The number of hydrogen-bond donors (Lipinski definition) is 1. The van der Waals surface area contributed by atoms with E-state index < -0.39 is 10.0 Å². The molecule has 0 bridgehead atoms. The maximum Gasteiger partial charge on any atom is 0.255 e. The average Bonchev–Trinajstić information content (AvgIpc) is 2.74. The molecule has 1 N–H and O–H groups in total. The summed E-state index contributed by atoms with van der Waals surface area (Å²) in [5.41, 5.74) is 0.102. The molecular weight excluding hydrogens is 256 g/mol. The predicted molar refractivity (Wildman–Crippen MR) is 63.4 cm³/mol. The van der Waals surface area contributed by atoms with E-state index in [0.717, 1.165) is 6.42 Å². The highest BCUT2D eigenvalue weighted by Gasteiger charge is 2.62. The second-order valence-electron chi connectivity index (χ2n) is 5.08. The highest BCUT2D eigenvalue weighted by atomic mass is 32.2. The zero-order valence-electron chi connectivity index (χ0n) is 9.92. The number of carbonyl (C=O) groups excluding carboxylic acids is 1. The molecule has 1 aliphatic carbocycles. The molecule has 1 aromatic heterocycles. The molecule has 98 valence electrons. The SMILES string of the molecule is CS(=O)(=O)N1C[C@@H]2C[C@]2(NC(=O)c2ccoc2)C1. The maximum absolute atomic E-state index is 11.9. The second kappa shape index (κ2) is 3.58. The van der Waals surface area contributed by atoms with E-state index in [0.29, 0.717) is 18.7 Å². The lowest BCUT2D eigenvalue weighted by Gasteiger charge is -2.19. The predicted octanol–water partition coefficient (Wildman–Crippen LogP) is 0.0433. The molecule has 0 radical (unpaired) electrons. The molecule has 2 fully saturated rings. The zero-order valence-corrected chi connectivity index (χ0v) is 10.7. The van der Waals surface area contributed by atoms with Gasteiger partial charge in [-0.2, -0.15) is 4.31 Å². The first-order chi connectivity index (χ1) is 8.41. The maximum atomic E-state index is 11.9. The highest BCUT2D eigenvalue weighted by Crippen LogP contribution is 2.50. The molecule has 1 saturated carbocycles. The molecule has 6 nitrogen and oxygen atoms in total. The molecule has 0 spiro atoms. The van der Waals surface area contributed by atoms with Crippen LogP contribution in [0.25, 0.3) is 0 Å². The minimum atomic E-state index is -3.17. The van der Waals surface area contributed by atoms with E-state index in [1.165, 1.54) is 23.1 Å². The lowest BCUT2D eigenvalue weighted by atomic mass is 10.2. The Kier molecular flexibility index (Phi) is 2.33. The van der Waals surface area contributed by atoms with Crippen molar-refractivity contribution in [3.8, 4) is 0 Å². The monoisotopic (exact) mass is 270 g/mol. The van der Waals surface area contributed by atoms with Crippen molar-refractivity contribution in [1.29, 1.82) is 0 Å². The van der Waals surface area contributed by atoms with Gasteiger partial charge in [-0.15, -0.1) is 0 Å². The smallest absolute Gasteiger partial charge is 0.255 e. The number of furan rings is 1. The molecule has 1 amide bonds. The molecule has 7 heteroatoms. The van der Waals surface area contributed by atoms with Crippen molar-refractivity contribution in [2.45, 2.75) is 12.0 Å². The standard InChI is InChI=1S/C11H14N2O4S/c1-18(15,16)13-5-9-4-11(9,7-13)12-10(14)8-2-3-17-6-8/h2-3,6,9H,4-5,7H2,1H3,(H,12,14)/t9-,11-/m0/s1. The van der Waals surface area contributed by atoms with Crippen LogP contribution in [-0.2, 0) is 10.0 Å². The lowest BCUT2D eigenvalue weighted by Crippen LogP contribution is -2.43. The summed E-state index contributed by atoms with van der Waals surface area (Å²) in [5.74, 6) is 0.0321. The average molecular weight is 270 g/mol. The van der Waals surface area contributed by atoms with Crippen LogP contribution in [-0.4, -0.2) is 43.5 Å². The fourth-order valence-electron chi connectivity index (χ4n) is 2.58. The molecule has 2 heterocycles. The van der Waals surface area contributed by atoms with Crippen LogP contribution >= 0.6 is 0 Å². The summed E-state index contributed by atoms with van der Waals surface area (Å²) in [6, 6.07) is 1.59. The largest absolute Gasteiger partial charge is 0.472 e. The van der Waals surface area contributed by atoms with Gasteiger partial charge in [-0.3, -0.25) is 4.79 Å². The fourth-order valence-corrected chi connectivity index (χ4v) is 3.49. The van der Waals surface area contributed by atoms with Gasteiger partial charge < -0.3 is 9.73 Å². The summed E-state index contributed by atoms with van der Waals surface area (Å²) in [6.07, 6.45) is 4.87. The van der Waals surface area contributed by atoms with E-state index >= 15 is 0 Å². The molecule has 0 unspecified atom stereocenters. The van der Waals surface area contributed by atoms with Crippen molar-refractivity contribution in [2.75, 3.05) is 19.3 Å². The number of sulfonamides is 1. The van der Waals surface area contributed by atoms with Gasteiger partial charge >= 0.3 is 0 Å². The van der Waals surface area contributed by atoms with Crippen LogP contribution in [0.15, 0.2) is 23.0 Å². The van der Waals surface area contributed by atoms with Gasteiger partial charge in [-0.25, -0.2) is 8.42 Å². The Morgan fingerprint density at radius 3 is 2.94 bits per heavy atom. The number of hydrogen-bond acceptors (Lipinski definition) is 4. The van der Waals surface area contributed by atoms with Crippen LogP contribution in [0.2, 0.25) is 0 Å². The molecule has 1 aromatic rings. The molecule has 18 heavy (non-hydrogen) atoms. The van der Waals surface area contributed by atoms with Crippen LogP contribution in [0.4, 0.5) is 0 Å². The van der Waals surface area contributed by atoms with E-state index in [1.54, 1.807) is 6.07 Å². The zero-order chi connectivity index (χ0) is 13.0. The number of carbonyl (C=O) groups is 1. The molecular formula is C11H14N2O4S. The van der Waals surface area contributed by atoms with Gasteiger partial charge in [0, 0.05) is 13.1 Å². The van der Waals surface area contributed by atoms with Gasteiger partial charge in [0.2, 0.25) is 10.0 Å². The minimum Gasteiger partial charge on any atom is -0.472 e. The van der Waals surface area contributed by atoms with Crippen LogP contribution in [0.3, 0.4) is 0 Å². The van der Waals surface area contributed by atoms with Crippen LogP contribution < -0.4 is 5.32 Å². The molecule has 2 aliphatic rings. The van der Waals surface area contributed by atoms with Crippen LogP contribution in [0, 0.1) is 5.92 Å². The van der Waals surface area contributed by atoms with Gasteiger partial charge in [-0.1, -0.05) is 0 Å². The van der Waals surface area contributed by atoms with Crippen molar-refractivity contribution < 1.29 is 17.6 Å². The number of amides is 1. The first-order valence-electron chi connectivity index (χ1n) is 5.71. The Hall–Kier alpha value is -1.34. The van der Waals surface area contributed by atoms with E-state index in [4.69, 9.17) is 4.42 Å². The Labute approximate surface area is 105 Å². The second-order valence-corrected chi connectivity index (χ2v) is 7.06. The summed E-state index contributed by atoms with van der Waals surface area (Å²) in [4.78, 5) is 11.9. The van der Waals surface area contributed by atoms with Gasteiger partial charge in [0.1, 0.15) is 6.26 Å². The number of piperidine rings is 1. The van der Waals surface area contributed by atoms with Crippen LogP contribution in [0.1, 0.15) is 16.8 Å². The molecule has 0 aromatic carbocycles. The summed E-state index contributed by atoms with van der Waals surface area (Å²) in [7, 11) is -3.17. The van der Waals surface area contributed by atoms with Crippen molar-refractivity contribution in [3.63, 3.8) is 0 Å². The molecule has 1 saturated heterocycles. The third-order valence-electron chi connectivity index (χ3n) is 3.73. The minimum absolute atomic E-state index is 0.207. The summed E-state index contributed by atoms with van der Waals surface area (Å²) < 4.78 is 29.2. The number of nitrogens with zero attached hydrogens (tertiary/aromatic N) is 1. The van der Waals surface area contributed by atoms with Gasteiger partial charge in [0.25, 0.3) is 5.91 Å². The van der Waals surface area contributed by atoms with E-state index in [1.807, 2.05) is 0 Å². The van der Waals surface area contributed by atoms with Gasteiger partial charge in [0.15, 0.2) is 0 Å². The topological polar surface area (TPSA) is 79.6 Å². The third-order valence-corrected chi connectivity index (χ3v) is 4.95. The van der Waals surface area contributed by atoms with E-state index in [9.17, 15) is 13.2 Å². The summed E-state index contributed by atoms with van der Waals surface area (Å²) in [6.45, 7) is 0.880. The molecule has 3 rings (SSSR count). The fraction of sp³-hybridized carbons (Fsp3) is 0.545. The number of fused-ring (bicyclic) bond motifs is 1. The molecule has 2 atom stereocenters. The highest BCUT2D eigenvalue weighted by molar-refractivity contribution is 7.88. The first-order valence-corrected chi connectivity index (χ1v) is 7.55. The summed E-state index contributed by atoms with van der Waals surface area (Å²) >= 11 is 0. The Morgan fingerprint density at radius 1 is 1.61 bits per heavy atom. The van der Waals surface area contributed by atoms with E-state index in [2.05, 4.69) is 5.32 Å². The third kappa shape index (κ3) is 1.83. The van der Waals surface area contributed by atoms with Gasteiger partial charge in [0.05, 0.1) is 23.6 Å². The first kappa shape index (κ1) is 11.7. The Morgan fingerprint density at radius 2 is 2.39 bits per heavy atom. The Balaban J connectivity index is 1.71. The van der Waals surface area contributed by atoms with E-state index in [-0.39, 0.29) is 17.4 Å². The molecule has 1 aliphatic heterocycles. The van der Waals surface area contributed by atoms with Crippen molar-refractivity contribution in [1.82, 2.24) is 9.62 Å². The van der Waals surface area contributed by atoms with Gasteiger partial charge in [-0.05, 0) is 18.4 Å². The van der Waals surface area contributed by atoms with Crippen molar-refractivity contribution in [3.05, 3.63) is 24.2 Å². The van der Waals surface area contributed by atoms with Crippen molar-refractivity contribution >= 4 is 15.9 Å². The number of nitrogens with one attached hydrogen (secondary N) is 1.